The fourth-order valence-corrected chi connectivity index (χ4v) is 4.39. The molecule has 2 fully saturated rings. The minimum atomic E-state index is -0.411. The van der Waals surface area contributed by atoms with Crippen LogP contribution in [0.3, 0.4) is 0 Å². The number of carbonyl (C=O) groups excluding carboxylic acids is 1. The number of rotatable bonds is 5. The minimum absolute atomic E-state index is 0.0287. The summed E-state index contributed by atoms with van der Waals surface area (Å²) in [5.74, 6) is 0.614. The SMILES string of the molecule is COCC(=O)N[C@H]1CCCC[C@]12CN(c1nccc(-c3ccccc3)n1)CCO2. The zero-order valence-electron chi connectivity index (χ0n) is 16.8. The Balaban J connectivity index is 1.55. The number of methoxy groups -OCH3 is 1. The van der Waals surface area contributed by atoms with Gasteiger partial charge >= 0.3 is 0 Å². The first kappa shape index (κ1) is 19.8. The number of benzene rings is 1. The number of nitrogens with one attached hydrogen (secondary N) is 1. The third-order valence-electron chi connectivity index (χ3n) is 5.79. The predicted octanol–water partition coefficient (Wildman–Crippen LogP) is 2.42. The Hall–Kier alpha value is -2.51. The number of hydrogen-bond acceptors (Lipinski definition) is 6. The molecule has 0 bridgehead atoms. The summed E-state index contributed by atoms with van der Waals surface area (Å²) in [6.07, 6.45) is 5.82. The van der Waals surface area contributed by atoms with Gasteiger partial charge < -0.3 is 19.7 Å². The molecule has 2 heterocycles. The Kier molecular flexibility index (Phi) is 6.06. The highest BCUT2D eigenvalue weighted by molar-refractivity contribution is 5.77. The summed E-state index contributed by atoms with van der Waals surface area (Å²) in [4.78, 5) is 23.7. The zero-order chi connectivity index (χ0) is 20.1. The number of aromatic nitrogens is 2. The van der Waals surface area contributed by atoms with Crippen LogP contribution in [-0.4, -0.2) is 60.9 Å². The van der Waals surface area contributed by atoms with E-state index in [2.05, 4.69) is 27.3 Å². The molecule has 1 aromatic carbocycles. The van der Waals surface area contributed by atoms with Crippen LogP contribution in [0, 0.1) is 0 Å². The van der Waals surface area contributed by atoms with Crippen LogP contribution in [0.5, 0.6) is 0 Å². The summed E-state index contributed by atoms with van der Waals surface area (Å²) < 4.78 is 11.3. The third kappa shape index (κ3) is 4.41. The average molecular weight is 396 g/mol. The molecule has 1 amide bonds. The first-order valence-corrected chi connectivity index (χ1v) is 10.3. The Bertz CT molecular complexity index is 828. The van der Waals surface area contributed by atoms with Gasteiger partial charge in [0.2, 0.25) is 11.9 Å². The molecule has 29 heavy (non-hydrogen) atoms. The maximum absolute atomic E-state index is 12.2. The van der Waals surface area contributed by atoms with Crippen LogP contribution >= 0.6 is 0 Å². The van der Waals surface area contributed by atoms with Crippen molar-refractivity contribution in [1.82, 2.24) is 15.3 Å². The highest BCUT2D eigenvalue weighted by atomic mass is 16.5. The van der Waals surface area contributed by atoms with Gasteiger partial charge in [0, 0.05) is 25.4 Å². The van der Waals surface area contributed by atoms with Crippen molar-refractivity contribution in [2.24, 2.45) is 0 Å². The van der Waals surface area contributed by atoms with Gasteiger partial charge in [-0.1, -0.05) is 43.2 Å². The molecule has 1 aromatic heterocycles. The van der Waals surface area contributed by atoms with Crippen molar-refractivity contribution >= 4 is 11.9 Å². The van der Waals surface area contributed by atoms with Gasteiger partial charge in [-0.15, -0.1) is 0 Å². The number of amides is 1. The second kappa shape index (κ2) is 8.88. The van der Waals surface area contributed by atoms with Crippen LogP contribution in [0.2, 0.25) is 0 Å². The summed E-state index contributed by atoms with van der Waals surface area (Å²) in [6, 6.07) is 12.0. The summed E-state index contributed by atoms with van der Waals surface area (Å²) in [6.45, 7) is 2.07. The van der Waals surface area contributed by atoms with E-state index in [1.165, 1.54) is 7.11 Å². The molecular formula is C22H28N4O3. The van der Waals surface area contributed by atoms with Crippen molar-refractivity contribution in [3.8, 4) is 11.3 Å². The Morgan fingerprint density at radius 2 is 2.17 bits per heavy atom. The minimum Gasteiger partial charge on any atom is -0.375 e. The van der Waals surface area contributed by atoms with Crippen LogP contribution in [0.1, 0.15) is 25.7 Å². The van der Waals surface area contributed by atoms with Gasteiger partial charge in [-0.2, -0.15) is 0 Å². The molecule has 7 nitrogen and oxygen atoms in total. The molecule has 2 aliphatic rings. The normalized spacial score (nSPS) is 24.4. The molecule has 0 radical (unpaired) electrons. The lowest BCUT2D eigenvalue weighted by molar-refractivity contribution is -0.134. The second-order valence-corrected chi connectivity index (χ2v) is 7.74. The topological polar surface area (TPSA) is 76.6 Å². The third-order valence-corrected chi connectivity index (χ3v) is 5.79. The van der Waals surface area contributed by atoms with Crippen LogP contribution in [0.4, 0.5) is 5.95 Å². The van der Waals surface area contributed by atoms with E-state index >= 15 is 0 Å². The van der Waals surface area contributed by atoms with Gasteiger partial charge in [-0.3, -0.25) is 4.79 Å². The summed E-state index contributed by atoms with van der Waals surface area (Å²) in [7, 11) is 1.53. The molecule has 7 heteroatoms. The summed E-state index contributed by atoms with van der Waals surface area (Å²) in [5.41, 5.74) is 1.57. The van der Waals surface area contributed by atoms with Gasteiger partial charge in [0.05, 0.1) is 24.9 Å². The lowest BCUT2D eigenvalue weighted by atomic mass is 9.79. The van der Waals surface area contributed by atoms with E-state index in [1.807, 2.05) is 30.5 Å². The van der Waals surface area contributed by atoms with Gasteiger partial charge in [0.1, 0.15) is 12.2 Å². The molecule has 4 rings (SSSR count). The van der Waals surface area contributed by atoms with Crippen LogP contribution < -0.4 is 10.2 Å². The lowest BCUT2D eigenvalue weighted by Crippen LogP contribution is -2.64. The molecule has 1 saturated carbocycles. The first-order chi connectivity index (χ1) is 14.2. The van der Waals surface area contributed by atoms with Crippen molar-refractivity contribution in [2.75, 3.05) is 38.3 Å². The lowest BCUT2D eigenvalue weighted by Gasteiger charge is -2.49. The van der Waals surface area contributed by atoms with Crippen molar-refractivity contribution in [1.29, 1.82) is 0 Å². The number of ether oxygens (including phenoxy) is 2. The predicted molar refractivity (Wildman–Crippen MR) is 111 cm³/mol. The number of anilines is 1. The van der Waals surface area contributed by atoms with Gasteiger partial charge in [-0.05, 0) is 18.9 Å². The van der Waals surface area contributed by atoms with E-state index in [0.717, 1.165) is 43.5 Å². The molecule has 1 N–H and O–H groups in total. The van der Waals surface area contributed by atoms with Gasteiger partial charge in [0.25, 0.3) is 0 Å². The first-order valence-electron chi connectivity index (χ1n) is 10.3. The number of nitrogens with zero attached hydrogens (tertiary/aromatic N) is 3. The molecule has 1 aliphatic carbocycles. The van der Waals surface area contributed by atoms with Crippen LogP contribution in [0.15, 0.2) is 42.6 Å². The standard InChI is InChI=1S/C22H28N4O3/c1-28-15-20(27)25-19-9-5-6-11-22(19)16-26(13-14-29-22)21-23-12-10-18(24-21)17-7-3-2-4-8-17/h2-4,7-8,10,12,19H,5-6,9,11,13-16H2,1H3,(H,25,27)/t19-,22-/m0/s1. The molecule has 154 valence electrons. The fraction of sp³-hybridized carbons (Fsp3) is 0.500. The van der Waals surface area contributed by atoms with Crippen molar-refractivity contribution in [3.63, 3.8) is 0 Å². The Morgan fingerprint density at radius 3 is 3.00 bits per heavy atom. The Labute approximate surface area is 171 Å². The summed E-state index contributed by atoms with van der Waals surface area (Å²) in [5, 5.41) is 3.13. The molecule has 1 aliphatic heterocycles. The number of hydrogen-bond donors (Lipinski definition) is 1. The maximum atomic E-state index is 12.2. The van der Waals surface area contributed by atoms with E-state index < -0.39 is 5.60 Å². The monoisotopic (exact) mass is 396 g/mol. The Morgan fingerprint density at radius 1 is 1.31 bits per heavy atom. The highest BCUT2D eigenvalue weighted by Gasteiger charge is 2.46. The fourth-order valence-electron chi connectivity index (χ4n) is 4.39. The van der Waals surface area contributed by atoms with Crippen molar-refractivity contribution < 1.29 is 14.3 Å². The molecule has 2 atom stereocenters. The van der Waals surface area contributed by atoms with Crippen molar-refractivity contribution in [3.05, 3.63) is 42.6 Å². The van der Waals surface area contributed by atoms with Gasteiger partial charge in [0.15, 0.2) is 0 Å². The van der Waals surface area contributed by atoms with E-state index in [0.29, 0.717) is 19.1 Å². The second-order valence-electron chi connectivity index (χ2n) is 7.74. The quantitative estimate of drug-likeness (QED) is 0.837. The number of morpholine rings is 1. The smallest absolute Gasteiger partial charge is 0.246 e. The maximum Gasteiger partial charge on any atom is 0.246 e. The average Bonchev–Trinajstić information content (AvgIpc) is 2.77. The van der Waals surface area contributed by atoms with E-state index in [-0.39, 0.29) is 18.6 Å². The van der Waals surface area contributed by atoms with E-state index in [9.17, 15) is 4.79 Å². The van der Waals surface area contributed by atoms with Gasteiger partial charge in [-0.25, -0.2) is 9.97 Å². The summed E-state index contributed by atoms with van der Waals surface area (Å²) >= 11 is 0. The molecule has 2 aromatic rings. The molecule has 0 unspecified atom stereocenters. The van der Waals surface area contributed by atoms with E-state index in [4.69, 9.17) is 14.5 Å². The van der Waals surface area contributed by atoms with Crippen molar-refractivity contribution in [2.45, 2.75) is 37.3 Å². The molecule has 1 saturated heterocycles. The largest absolute Gasteiger partial charge is 0.375 e. The van der Waals surface area contributed by atoms with E-state index in [1.54, 1.807) is 0 Å². The number of carbonyl (C=O) groups is 1. The van der Waals surface area contributed by atoms with Crippen LogP contribution in [-0.2, 0) is 14.3 Å². The molecular weight excluding hydrogens is 368 g/mol. The molecule has 1 spiro atoms. The van der Waals surface area contributed by atoms with Crippen LogP contribution in [0.25, 0.3) is 11.3 Å². The highest BCUT2D eigenvalue weighted by Crippen LogP contribution is 2.36. The zero-order valence-corrected chi connectivity index (χ0v) is 16.8.